The number of carbonyl (C=O) groups is 1. The van der Waals surface area contributed by atoms with E-state index in [0.29, 0.717) is 5.92 Å². The van der Waals surface area contributed by atoms with Crippen LogP contribution in [0, 0.1) is 11.8 Å². The van der Waals surface area contributed by atoms with Crippen LogP contribution in [0.5, 0.6) is 0 Å². The summed E-state index contributed by atoms with van der Waals surface area (Å²) in [6.07, 6.45) is 5.91. The van der Waals surface area contributed by atoms with E-state index >= 15 is 0 Å². The summed E-state index contributed by atoms with van der Waals surface area (Å²) in [4.78, 5) is 12.5. The quantitative estimate of drug-likeness (QED) is 0.884. The van der Waals surface area contributed by atoms with E-state index in [1.165, 1.54) is 24.8 Å². The van der Waals surface area contributed by atoms with Crippen molar-refractivity contribution in [3.63, 3.8) is 0 Å². The molecule has 0 bridgehead atoms. The zero-order valence-electron chi connectivity index (χ0n) is 12.0. The second kappa shape index (κ2) is 6.40. The maximum absolute atomic E-state index is 12.5. The molecule has 3 rings (SSSR count). The topological polar surface area (TPSA) is 41.1 Å². The van der Waals surface area contributed by atoms with Crippen LogP contribution in [0.3, 0.4) is 0 Å². The van der Waals surface area contributed by atoms with Gasteiger partial charge >= 0.3 is 0 Å². The molecule has 1 amide bonds. The van der Waals surface area contributed by atoms with Crippen molar-refractivity contribution in [2.45, 2.75) is 38.1 Å². The Kier molecular flexibility index (Phi) is 4.36. The van der Waals surface area contributed by atoms with E-state index in [9.17, 15) is 4.79 Å². The lowest BCUT2D eigenvalue weighted by Gasteiger charge is -2.36. The Balaban J connectivity index is 1.68. The maximum atomic E-state index is 12.5. The van der Waals surface area contributed by atoms with E-state index in [1.807, 2.05) is 6.07 Å². The normalized spacial score (nSPS) is 24.7. The largest absolute Gasteiger partial charge is 0.349 e. The Morgan fingerprint density at radius 1 is 1.15 bits per heavy atom. The van der Waals surface area contributed by atoms with Crippen LogP contribution in [0.2, 0.25) is 0 Å². The number of hydrogen-bond donors (Lipinski definition) is 2. The molecule has 2 atom stereocenters. The first-order chi connectivity index (χ1) is 9.84. The molecule has 1 aliphatic heterocycles. The summed E-state index contributed by atoms with van der Waals surface area (Å²) < 4.78 is 0. The highest BCUT2D eigenvalue weighted by atomic mass is 16.2. The molecule has 1 aliphatic carbocycles. The first kappa shape index (κ1) is 13.6. The summed E-state index contributed by atoms with van der Waals surface area (Å²) in [7, 11) is 0. The molecule has 20 heavy (non-hydrogen) atoms. The van der Waals surface area contributed by atoms with Crippen LogP contribution in [0.15, 0.2) is 30.3 Å². The lowest BCUT2D eigenvalue weighted by atomic mass is 9.77. The third-order valence-corrected chi connectivity index (χ3v) is 4.75. The molecule has 3 nitrogen and oxygen atoms in total. The zero-order valence-corrected chi connectivity index (χ0v) is 12.0. The molecule has 1 heterocycles. The van der Waals surface area contributed by atoms with Crippen LogP contribution in [-0.2, 0) is 4.79 Å². The first-order valence-electron chi connectivity index (χ1n) is 7.90. The molecule has 1 aromatic carbocycles. The zero-order chi connectivity index (χ0) is 13.8. The van der Waals surface area contributed by atoms with Crippen molar-refractivity contribution in [1.82, 2.24) is 10.6 Å². The van der Waals surface area contributed by atoms with E-state index < -0.39 is 0 Å². The Labute approximate surface area is 121 Å². The summed E-state index contributed by atoms with van der Waals surface area (Å²) in [6, 6.07) is 10.7. The Bertz CT molecular complexity index is 436. The fraction of sp³-hybridized carbons (Fsp3) is 0.588. The molecular formula is C17H24N2O. The summed E-state index contributed by atoms with van der Waals surface area (Å²) in [5, 5.41) is 6.65. The SMILES string of the molecule is O=C(NC(c1ccccc1)C1CCC1)C1CCCNC1. The molecule has 2 fully saturated rings. The standard InChI is InChI=1S/C17H24N2O/c20-17(15-10-5-11-18-12-15)19-16(14-8-4-9-14)13-6-2-1-3-7-13/h1-3,6-7,14-16,18H,4-5,8-12H2,(H,19,20). The van der Waals surface area contributed by atoms with Gasteiger partial charge in [-0.2, -0.15) is 0 Å². The monoisotopic (exact) mass is 272 g/mol. The van der Waals surface area contributed by atoms with Crippen molar-refractivity contribution in [1.29, 1.82) is 0 Å². The van der Waals surface area contributed by atoms with E-state index in [1.54, 1.807) is 0 Å². The summed E-state index contributed by atoms with van der Waals surface area (Å²) in [5.74, 6) is 1.01. The molecule has 0 spiro atoms. The molecule has 2 N–H and O–H groups in total. The molecular weight excluding hydrogens is 248 g/mol. The van der Waals surface area contributed by atoms with Gasteiger partial charge in [0.2, 0.25) is 5.91 Å². The van der Waals surface area contributed by atoms with Gasteiger partial charge in [0, 0.05) is 6.54 Å². The van der Waals surface area contributed by atoms with Crippen LogP contribution in [-0.4, -0.2) is 19.0 Å². The van der Waals surface area contributed by atoms with Gasteiger partial charge in [-0.25, -0.2) is 0 Å². The molecule has 2 unspecified atom stereocenters. The molecule has 0 radical (unpaired) electrons. The second-order valence-electron chi connectivity index (χ2n) is 6.13. The van der Waals surface area contributed by atoms with E-state index in [2.05, 4.69) is 34.9 Å². The molecule has 0 aromatic heterocycles. The number of nitrogens with one attached hydrogen (secondary N) is 2. The number of piperidine rings is 1. The number of benzene rings is 1. The van der Waals surface area contributed by atoms with Gasteiger partial charge in [0.25, 0.3) is 0 Å². The minimum absolute atomic E-state index is 0.148. The average molecular weight is 272 g/mol. The minimum atomic E-state index is 0.148. The first-order valence-corrected chi connectivity index (χ1v) is 7.90. The van der Waals surface area contributed by atoms with Crippen LogP contribution >= 0.6 is 0 Å². The van der Waals surface area contributed by atoms with Crippen LogP contribution in [0.25, 0.3) is 0 Å². The summed E-state index contributed by atoms with van der Waals surface area (Å²) in [5.41, 5.74) is 1.26. The minimum Gasteiger partial charge on any atom is -0.349 e. The Morgan fingerprint density at radius 3 is 2.55 bits per heavy atom. The van der Waals surface area contributed by atoms with Crippen molar-refractivity contribution in [2.24, 2.45) is 11.8 Å². The smallest absolute Gasteiger partial charge is 0.224 e. The van der Waals surface area contributed by atoms with Crippen LogP contribution < -0.4 is 10.6 Å². The van der Waals surface area contributed by atoms with Crippen molar-refractivity contribution >= 4 is 5.91 Å². The van der Waals surface area contributed by atoms with Gasteiger partial charge in [-0.1, -0.05) is 36.8 Å². The van der Waals surface area contributed by atoms with Gasteiger partial charge < -0.3 is 10.6 Å². The third kappa shape index (κ3) is 3.04. The van der Waals surface area contributed by atoms with Crippen molar-refractivity contribution < 1.29 is 4.79 Å². The van der Waals surface area contributed by atoms with Gasteiger partial charge in [-0.15, -0.1) is 0 Å². The molecule has 1 saturated carbocycles. The number of amides is 1. The highest BCUT2D eigenvalue weighted by Crippen LogP contribution is 2.37. The predicted octanol–water partition coefficient (Wildman–Crippen LogP) is 2.64. The lowest BCUT2D eigenvalue weighted by Crippen LogP contribution is -2.44. The number of carbonyl (C=O) groups excluding carboxylic acids is 1. The van der Waals surface area contributed by atoms with Crippen molar-refractivity contribution in [3.8, 4) is 0 Å². The van der Waals surface area contributed by atoms with Gasteiger partial charge in [0.1, 0.15) is 0 Å². The van der Waals surface area contributed by atoms with E-state index in [4.69, 9.17) is 0 Å². The Hall–Kier alpha value is -1.35. The fourth-order valence-corrected chi connectivity index (χ4v) is 3.25. The van der Waals surface area contributed by atoms with Gasteiger partial charge in [0.05, 0.1) is 12.0 Å². The average Bonchev–Trinajstić information content (AvgIpc) is 2.46. The highest BCUT2D eigenvalue weighted by Gasteiger charge is 2.31. The molecule has 1 aromatic rings. The van der Waals surface area contributed by atoms with Crippen LogP contribution in [0.4, 0.5) is 0 Å². The molecule has 108 valence electrons. The van der Waals surface area contributed by atoms with Gasteiger partial charge in [-0.05, 0) is 43.7 Å². The predicted molar refractivity (Wildman–Crippen MR) is 80.3 cm³/mol. The van der Waals surface area contributed by atoms with Gasteiger partial charge in [-0.3, -0.25) is 4.79 Å². The summed E-state index contributed by atoms with van der Waals surface area (Å²) >= 11 is 0. The molecule has 3 heteroatoms. The van der Waals surface area contributed by atoms with Crippen LogP contribution in [0.1, 0.15) is 43.7 Å². The second-order valence-corrected chi connectivity index (χ2v) is 6.13. The molecule has 1 saturated heterocycles. The third-order valence-electron chi connectivity index (χ3n) is 4.75. The van der Waals surface area contributed by atoms with E-state index in [-0.39, 0.29) is 17.9 Å². The molecule has 2 aliphatic rings. The van der Waals surface area contributed by atoms with Gasteiger partial charge in [0.15, 0.2) is 0 Å². The fourth-order valence-electron chi connectivity index (χ4n) is 3.25. The Morgan fingerprint density at radius 2 is 1.95 bits per heavy atom. The summed E-state index contributed by atoms with van der Waals surface area (Å²) in [6.45, 7) is 1.88. The number of rotatable bonds is 4. The van der Waals surface area contributed by atoms with Crippen molar-refractivity contribution in [2.75, 3.05) is 13.1 Å². The lowest BCUT2D eigenvalue weighted by molar-refractivity contribution is -0.126. The number of hydrogen-bond acceptors (Lipinski definition) is 2. The van der Waals surface area contributed by atoms with Crippen molar-refractivity contribution in [3.05, 3.63) is 35.9 Å². The maximum Gasteiger partial charge on any atom is 0.224 e. The highest BCUT2D eigenvalue weighted by molar-refractivity contribution is 5.79. The van der Waals surface area contributed by atoms with E-state index in [0.717, 1.165) is 25.9 Å².